The quantitative estimate of drug-likeness (QED) is 0.519. The first kappa shape index (κ1) is 6.15. The molecule has 0 fully saturated rings. The van der Waals surface area contributed by atoms with Crippen molar-refractivity contribution in [1.82, 2.24) is 0 Å². The first-order valence-electron chi connectivity index (χ1n) is 3.44. The van der Waals surface area contributed by atoms with Crippen LogP contribution in [0.3, 0.4) is 0 Å². The predicted molar refractivity (Wildman–Crippen MR) is 39.5 cm³/mol. The molecule has 0 unspecified atom stereocenters. The van der Waals surface area contributed by atoms with Crippen molar-refractivity contribution < 1.29 is 10.0 Å². The summed E-state index contributed by atoms with van der Waals surface area (Å²) in [6.07, 6.45) is 0. The van der Waals surface area contributed by atoms with Crippen LogP contribution in [0.4, 0.5) is 5.69 Å². The smallest absolute Gasteiger partial charge is 0.310 e. The number of nitro benzene ring substituents is 1. The third-order valence-corrected chi connectivity index (χ3v) is 1.31. The fourth-order valence-corrected chi connectivity index (χ4v) is 0.770. The SMILES string of the molecule is [2H]Oc1ccc(C)cc1[N+](=O)[O-]. The zero-order chi connectivity index (χ0) is 9.14. The summed E-state index contributed by atoms with van der Waals surface area (Å²) in [5.74, 6) is -0.0365. The summed E-state index contributed by atoms with van der Waals surface area (Å²) in [5, 5.41) is 14.4. The Bertz CT molecular complexity index is 314. The van der Waals surface area contributed by atoms with E-state index in [1.54, 1.807) is 13.0 Å². The van der Waals surface area contributed by atoms with Gasteiger partial charge in [0.25, 0.3) is 1.43 Å². The van der Waals surface area contributed by atoms with Crippen LogP contribution in [0.15, 0.2) is 18.2 Å². The average molecular weight is 154 g/mol. The number of hydrogen-bond donors (Lipinski definition) is 1. The molecule has 1 aromatic carbocycles. The van der Waals surface area contributed by atoms with Crippen LogP contribution in [-0.4, -0.2) is 11.5 Å². The third kappa shape index (κ3) is 1.46. The largest absolute Gasteiger partial charge is 0.502 e. The second kappa shape index (κ2) is 2.57. The summed E-state index contributed by atoms with van der Waals surface area (Å²) in [6, 6.07) is 4.42. The molecular weight excluding hydrogens is 146 g/mol. The lowest BCUT2D eigenvalue weighted by Gasteiger charge is -1.95. The molecule has 0 spiro atoms. The molecule has 4 nitrogen and oxygen atoms in total. The normalized spacial score (nSPS) is 10.5. The number of benzene rings is 1. The fourth-order valence-electron chi connectivity index (χ4n) is 0.770. The van der Waals surface area contributed by atoms with Gasteiger partial charge in [-0.25, -0.2) is 0 Å². The fraction of sp³-hybridized carbons (Fsp3) is 0.143. The van der Waals surface area contributed by atoms with Crippen molar-refractivity contribution in [1.29, 1.82) is 1.43 Å². The standard InChI is InChI=1S/C7H7NO3/c1-5-2-3-7(9)6(4-5)8(10)11/h2-4,9H,1H3/i/hD. The summed E-state index contributed by atoms with van der Waals surface area (Å²) >= 11 is 0. The molecule has 0 amide bonds. The number of nitrogens with zero attached hydrogens (tertiary/aromatic N) is 1. The van der Waals surface area contributed by atoms with E-state index in [4.69, 9.17) is 1.43 Å². The highest BCUT2D eigenvalue weighted by Gasteiger charge is 2.11. The predicted octanol–water partition coefficient (Wildman–Crippen LogP) is 1.61. The van der Waals surface area contributed by atoms with Crippen LogP contribution in [0.1, 0.15) is 5.56 Å². The van der Waals surface area contributed by atoms with Crippen molar-refractivity contribution in [3.63, 3.8) is 0 Å². The first-order valence-corrected chi connectivity index (χ1v) is 3.03. The molecule has 1 N–H and O–H groups in total. The topological polar surface area (TPSA) is 63.4 Å². The highest BCUT2D eigenvalue weighted by atomic mass is 16.6. The van der Waals surface area contributed by atoms with Crippen molar-refractivity contribution in [3.8, 4) is 5.75 Å². The second-order valence-corrected chi connectivity index (χ2v) is 2.23. The highest BCUT2D eigenvalue weighted by Crippen LogP contribution is 2.25. The minimum Gasteiger partial charge on any atom is -0.502 e. The maximum Gasteiger partial charge on any atom is 0.310 e. The molecule has 0 aliphatic carbocycles. The molecule has 0 aliphatic rings. The first-order chi connectivity index (χ1) is 5.65. The van der Waals surface area contributed by atoms with E-state index in [9.17, 15) is 10.1 Å². The van der Waals surface area contributed by atoms with Gasteiger partial charge < -0.3 is 5.11 Å². The Morgan fingerprint density at radius 1 is 1.73 bits per heavy atom. The van der Waals surface area contributed by atoms with Gasteiger partial charge >= 0.3 is 5.69 Å². The lowest BCUT2D eigenvalue weighted by molar-refractivity contribution is -0.385. The Labute approximate surface area is 64.7 Å². The van der Waals surface area contributed by atoms with Crippen molar-refractivity contribution in [2.24, 2.45) is 0 Å². The van der Waals surface area contributed by atoms with Gasteiger partial charge in [0.15, 0.2) is 5.75 Å². The number of rotatable bonds is 2. The summed E-state index contributed by atoms with van der Waals surface area (Å²) in [6.45, 7) is 1.74. The number of aromatic hydroxyl groups is 1. The average Bonchev–Trinajstić information content (AvgIpc) is 2.04. The van der Waals surface area contributed by atoms with Gasteiger partial charge in [0.05, 0.1) is 4.92 Å². The molecule has 1 rings (SSSR count). The van der Waals surface area contributed by atoms with Crippen LogP contribution in [0, 0.1) is 17.0 Å². The van der Waals surface area contributed by atoms with E-state index in [0.29, 0.717) is 0 Å². The minimum absolute atomic E-state index is 0.0365. The molecule has 0 radical (unpaired) electrons. The summed E-state index contributed by atoms with van der Waals surface area (Å²) in [7, 11) is 0. The van der Waals surface area contributed by atoms with Gasteiger partial charge in [0, 0.05) is 6.07 Å². The van der Waals surface area contributed by atoms with Gasteiger partial charge in [-0.1, -0.05) is 6.07 Å². The van der Waals surface area contributed by atoms with E-state index in [1.807, 2.05) is 0 Å². The summed E-state index contributed by atoms with van der Waals surface area (Å²) in [4.78, 5) is 9.80. The molecule has 0 aromatic heterocycles. The molecule has 0 saturated heterocycles. The van der Waals surface area contributed by atoms with E-state index in [1.165, 1.54) is 12.1 Å². The Kier molecular flexibility index (Phi) is 1.44. The minimum atomic E-state index is -0.573. The number of aryl methyl sites for hydroxylation is 1. The number of hydrogen-bond acceptors (Lipinski definition) is 3. The van der Waals surface area contributed by atoms with Crippen molar-refractivity contribution in [2.75, 3.05) is 0 Å². The monoisotopic (exact) mass is 154 g/mol. The molecule has 11 heavy (non-hydrogen) atoms. The van der Waals surface area contributed by atoms with Crippen molar-refractivity contribution in [2.45, 2.75) is 6.92 Å². The van der Waals surface area contributed by atoms with Crippen LogP contribution >= 0.6 is 0 Å². The van der Waals surface area contributed by atoms with E-state index in [0.717, 1.165) is 5.56 Å². The Balaban J connectivity index is 3.21. The van der Waals surface area contributed by atoms with Crippen LogP contribution in [-0.2, 0) is 0 Å². The van der Waals surface area contributed by atoms with Gasteiger partial charge in [-0.05, 0) is 18.6 Å². The molecule has 0 aliphatic heterocycles. The van der Waals surface area contributed by atoms with Crippen LogP contribution in [0.2, 0.25) is 0 Å². The number of nitro groups is 1. The zero-order valence-electron chi connectivity index (χ0n) is 6.90. The van der Waals surface area contributed by atoms with Crippen molar-refractivity contribution >= 4 is 5.69 Å². The van der Waals surface area contributed by atoms with Gasteiger partial charge in [-0.3, -0.25) is 10.1 Å². The van der Waals surface area contributed by atoms with Crippen LogP contribution in [0.5, 0.6) is 5.75 Å². The zero-order valence-corrected chi connectivity index (χ0v) is 5.90. The van der Waals surface area contributed by atoms with Crippen molar-refractivity contribution in [3.05, 3.63) is 33.9 Å². The van der Waals surface area contributed by atoms with Gasteiger partial charge in [-0.15, -0.1) is 0 Å². The lowest BCUT2D eigenvalue weighted by Crippen LogP contribution is -1.88. The maximum atomic E-state index is 10.4. The van der Waals surface area contributed by atoms with E-state index in [2.05, 4.69) is 5.11 Å². The van der Waals surface area contributed by atoms with Crippen LogP contribution < -0.4 is 0 Å². The molecule has 0 saturated carbocycles. The van der Waals surface area contributed by atoms with Gasteiger partial charge in [0.2, 0.25) is 0 Å². The van der Waals surface area contributed by atoms with E-state index < -0.39 is 4.92 Å². The molecular formula is C7H7NO3. The molecule has 4 heteroatoms. The Morgan fingerprint density at radius 3 is 3.00 bits per heavy atom. The molecule has 58 valence electrons. The van der Waals surface area contributed by atoms with E-state index >= 15 is 0 Å². The Morgan fingerprint density at radius 2 is 2.45 bits per heavy atom. The molecule has 0 bridgehead atoms. The number of phenols is 1. The van der Waals surface area contributed by atoms with Gasteiger partial charge in [-0.2, -0.15) is 0 Å². The third-order valence-electron chi connectivity index (χ3n) is 1.31. The maximum absolute atomic E-state index is 10.4. The second-order valence-electron chi connectivity index (χ2n) is 2.23. The Hall–Kier alpha value is -1.58. The summed E-state index contributed by atoms with van der Waals surface area (Å²) < 4.78 is 6.54. The summed E-state index contributed by atoms with van der Waals surface area (Å²) in [5.41, 5.74) is 0.590. The number of phenolic OH excluding ortho intramolecular Hbond substituents is 1. The van der Waals surface area contributed by atoms with E-state index in [-0.39, 0.29) is 11.4 Å². The molecule has 1 aromatic rings. The van der Waals surface area contributed by atoms with Gasteiger partial charge in [0.1, 0.15) is 0 Å². The van der Waals surface area contributed by atoms with Crippen LogP contribution in [0.25, 0.3) is 0 Å². The highest BCUT2D eigenvalue weighted by molar-refractivity contribution is 5.47. The lowest BCUT2D eigenvalue weighted by atomic mass is 10.2. The molecule has 0 atom stereocenters. The molecule has 0 heterocycles.